The summed E-state index contributed by atoms with van der Waals surface area (Å²) in [5.41, 5.74) is -0.426. The van der Waals surface area contributed by atoms with Gasteiger partial charge in [-0.1, -0.05) is 6.07 Å². The Bertz CT molecular complexity index is 712. The molecule has 8 heteroatoms. The highest BCUT2D eigenvalue weighted by Crippen LogP contribution is 2.34. The SMILES string of the molecule is O=C1C(N2C(=O)[C@@H]3CCCN3C2=O)CCN1c1c(F)cccc1F. The van der Waals surface area contributed by atoms with E-state index in [-0.39, 0.29) is 18.9 Å². The fourth-order valence-electron chi connectivity index (χ4n) is 3.81. The smallest absolute Gasteiger partial charge is 0.312 e. The molecule has 0 spiro atoms. The van der Waals surface area contributed by atoms with Gasteiger partial charge in [0.25, 0.3) is 11.8 Å². The van der Waals surface area contributed by atoms with E-state index in [0.717, 1.165) is 28.4 Å². The van der Waals surface area contributed by atoms with Gasteiger partial charge in [0.05, 0.1) is 0 Å². The van der Waals surface area contributed by atoms with Crippen LogP contribution < -0.4 is 4.90 Å². The topological polar surface area (TPSA) is 60.9 Å². The van der Waals surface area contributed by atoms with Gasteiger partial charge in [0.1, 0.15) is 29.4 Å². The fourth-order valence-corrected chi connectivity index (χ4v) is 3.81. The second-order valence-corrected chi connectivity index (χ2v) is 6.21. The maximum atomic E-state index is 13.9. The average molecular weight is 335 g/mol. The molecule has 24 heavy (non-hydrogen) atoms. The summed E-state index contributed by atoms with van der Waals surface area (Å²) in [6.07, 6.45) is 1.53. The van der Waals surface area contributed by atoms with Crippen molar-refractivity contribution in [3.63, 3.8) is 0 Å². The highest BCUT2D eigenvalue weighted by atomic mass is 19.1. The summed E-state index contributed by atoms with van der Waals surface area (Å²) in [6.45, 7) is 0.557. The van der Waals surface area contributed by atoms with Crippen molar-refractivity contribution in [3.05, 3.63) is 29.8 Å². The summed E-state index contributed by atoms with van der Waals surface area (Å²) in [5, 5.41) is 0. The van der Waals surface area contributed by atoms with Gasteiger partial charge in [-0.15, -0.1) is 0 Å². The lowest BCUT2D eigenvalue weighted by molar-refractivity contribution is -0.133. The summed E-state index contributed by atoms with van der Waals surface area (Å²) >= 11 is 0. The van der Waals surface area contributed by atoms with Crippen LogP contribution in [0.15, 0.2) is 18.2 Å². The number of hydrogen-bond acceptors (Lipinski definition) is 3. The van der Waals surface area contributed by atoms with Gasteiger partial charge in [0.15, 0.2) is 0 Å². The first-order chi connectivity index (χ1) is 11.5. The van der Waals surface area contributed by atoms with Gasteiger partial charge >= 0.3 is 6.03 Å². The van der Waals surface area contributed by atoms with Crippen LogP contribution in [0.3, 0.4) is 0 Å². The van der Waals surface area contributed by atoms with Crippen molar-refractivity contribution in [2.45, 2.75) is 31.3 Å². The number of amides is 4. The van der Waals surface area contributed by atoms with Crippen molar-refractivity contribution in [1.29, 1.82) is 0 Å². The Morgan fingerprint density at radius 1 is 0.917 bits per heavy atom. The Labute approximate surface area is 136 Å². The standard InChI is InChI=1S/C16H15F2N3O3/c17-9-3-1-4-10(18)13(9)20-8-6-12(14(20)22)21-15(23)11-5-2-7-19(11)16(21)24/h1,3-4,11-12H,2,5-8H2/t11-,12?/m0/s1. The van der Waals surface area contributed by atoms with Gasteiger partial charge in [0, 0.05) is 13.1 Å². The molecule has 1 aromatic rings. The second-order valence-electron chi connectivity index (χ2n) is 6.21. The number of benzene rings is 1. The van der Waals surface area contributed by atoms with Crippen LogP contribution in [0.5, 0.6) is 0 Å². The number of urea groups is 1. The van der Waals surface area contributed by atoms with Crippen LogP contribution >= 0.6 is 0 Å². The number of carbonyl (C=O) groups excluding carboxylic acids is 3. The highest BCUT2D eigenvalue weighted by Gasteiger charge is 2.53. The average Bonchev–Trinajstić information content (AvgIpc) is 3.21. The molecule has 0 radical (unpaired) electrons. The minimum atomic E-state index is -0.991. The molecule has 0 saturated carbocycles. The molecule has 1 unspecified atom stereocenters. The van der Waals surface area contributed by atoms with Crippen LogP contribution in [0.1, 0.15) is 19.3 Å². The lowest BCUT2D eigenvalue weighted by Gasteiger charge is -2.22. The molecule has 0 aliphatic carbocycles. The maximum absolute atomic E-state index is 13.9. The fraction of sp³-hybridized carbons (Fsp3) is 0.438. The number of fused-ring (bicyclic) bond motifs is 1. The van der Waals surface area contributed by atoms with Gasteiger partial charge in [0.2, 0.25) is 0 Å². The summed E-state index contributed by atoms with van der Waals surface area (Å²) < 4.78 is 27.9. The summed E-state index contributed by atoms with van der Waals surface area (Å²) in [4.78, 5) is 40.9. The molecule has 3 fully saturated rings. The maximum Gasteiger partial charge on any atom is 0.328 e. The molecule has 3 aliphatic heterocycles. The number of para-hydroxylation sites is 1. The Hall–Kier alpha value is -2.51. The largest absolute Gasteiger partial charge is 0.328 e. The summed E-state index contributed by atoms with van der Waals surface area (Å²) in [5.74, 6) is -2.69. The first-order valence-corrected chi connectivity index (χ1v) is 7.90. The van der Waals surface area contributed by atoms with Crippen LogP contribution in [0.4, 0.5) is 19.3 Å². The number of imide groups is 1. The van der Waals surface area contributed by atoms with Crippen LogP contribution in [-0.4, -0.2) is 52.8 Å². The Kier molecular flexibility index (Phi) is 3.29. The Morgan fingerprint density at radius 2 is 1.62 bits per heavy atom. The van der Waals surface area contributed by atoms with Crippen molar-refractivity contribution in [3.8, 4) is 0 Å². The lowest BCUT2D eigenvalue weighted by atomic mass is 10.1. The number of halogens is 2. The van der Waals surface area contributed by atoms with E-state index >= 15 is 0 Å². The molecule has 3 heterocycles. The van der Waals surface area contributed by atoms with Gasteiger partial charge in [-0.05, 0) is 31.4 Å². The Morgan fingerprint density at radius 3 is 2.29 bits per heavy atom. The third-order valence-electron chi connectivity index (χ3n) is 4.92. The molecule has 3 saturated heterocycles. The lowest BCUT2D eigenvalue weighted by Crippen LogP contribution is -2.46. The molecule has 0 bridgehead atoms. The molecule has 126 valence electrons. The molecule has 4 amide bonds. The predicted molar refractivity (Wildman–Crippen MR) is 79.1 cm³/mol. The quantitative estimate of drug-likeness (QED) is 0.770. The molecule has 6 nitrogen and oxygen atoms in total. The molecule has 2 atom stereocenters. The molecule has 0 aromatic heterocycles. The van der Waals surface area contributed by atoms with E-state index in [9.17, 15) is 23.2 Å². The summed E-state index contributed by atoms with van der Waals surface area (Å²) in [6, 6.07) is 1.40. The van der Waals surface area contributed by atoms with Crippen LogP contribution in [0.25, 0.3) is 0 Å². The molecule has 1 aromatic carbocycles. The summed E-state index contributed by atoms with van der Waals surface area (Å²) in [7, 11) is 0. The van der Waals surface area contributed by atoms with Gasteiger partial charge in [-0.25, -0.2) is 18.5 Å². The normalized spacial score (nSPS) is 26.8. The number of hydrogen-bond donors (Lipinski definition) is 0. The third-order valence-corrected chi connectivity index (χ3v) is 4.92. The first-order valence-electron chi connectivity index (χ1n) is 7.90. The third kappa shape index (κ3) is 1.95. The van der Waals surface area contributed by atoms with Crippen molar-refractivity contribution in [2.24, 2.45) is 0 Å². The van der Waals surface area contributed by atoms with Gasteiger partial charge in [-0.3, -0.25) is 9.59 Å². The number of carbonyl (C=O) groups is 3. The molecule has 0 N–H and O–H groups in total. The van der Waals surface area contributed by atoms with E-state index < -0.39 is 41.3 Å². The zero-order chi connectivity index (χ0) is 17.0. The van der Waals surface area contributed by atoms with E-state index in [1.54, 1.807) is 0 Å². The van der Waals surface area contributed by atoms with E-state index in [2.05, 4.69) is 0 Å². The zero-order valence-electron chi connectivity index (χ0n) is 12.7. The van der Waals surface area contributed by atoms with Crippen molar-refractivity contribution >= 4 is 23.5 Å². The van der Waals surface area contributed by atoms with E-state index in [1.807, 2.05) is 0 Å². The van der Waals surface area contributed by atoms with Crippen LogP contribution in [0, 0.1) is 11.6 Å². The first kappa shape index (κ1) is 15.0. The van der Waals surface area contributed by atoms with Crippen molar-refractivity contribution in [2.75, 3.05) is 18.0 Å². The van der Waals surface area contributed by atoms with Gasteiger partial charge in [-0.2, -0.15) is 0 Å². The Balaban J connectivity index is 1.63. The van der Waals surface area contributed by atoms with E-state index in [4.69, 9.17) is 0 Å². The minimum Gasteiger partial charge on any atom is -0.312 e. The van der Waals surface area contributed by atoms with E-state index in [1.165, 1.54) is 11.0 Å². The van der Waals surface area contributed by atoms with Crippen molar-refractivity contribution in [1.82, 2.24) is 9.80 Å². The van der Waals surface area contributed by atoms with Crippen LogP contribution in [-0.2, 0) is 9.59 Å². The van der Waals surface area contributed by atoms with Crippen molar-refractivity contribution < 1.29 is 23.2 Å². The molecule has 4 rings (SSSR count). The van der Waals surface area contributed by atoms with Gasteiger partial charge < -0.3 is 9.80 Å². The molecular weight excluding hydrogens is 320 g/mol. The second kappa shape index (κ2) is 5.25. The number of anilines is 1. The zero-order valence-corrected chi connectivity index (χ0v) is 12.7. The highest BCUT2D eigenvalue weighted by molar-refractivity contribution is 6.11. The number of rotatable bonds is 2. The predicted octanol–water partition coefficient (Wildman–Crippen LogP) is 1.50. The molecule has 3 aliphatic rings. The molecular formula is C16H15F2N3O3. The van der Waals surface area contributed by atoms with E-state index in [0.29, 0.717) is 13.0 Å². The monoisotopic (exact) mass is 335 g/mol. The number of nitrogens with zero attached hydrogens (tertiary/aromatic N) is 3. The van der Waals surface area contributed by atoms with Crippen LogP contribution in [0.2, 0.25) is 0 Å². The minimum absolute atomic E-state index is 0.0586.